The van der Waals surface area contributed by atoms with Crippen molar-refractivity contribution in [3.8, 4) is 0 Å². The number of benzene rings is 1. The van der Waals surface area contributed by atoms with Gasteiger partial charge in [0.25, 0.3) is 5.91 Å². The molecular formula is C20H23N5O4. The number of amides is 2. The molecule has 0 bridgehead atoms. The number of nitrogens with zero attached hydrogens (tertiary/aromatic N) is 4. The lowest BCUT2D eigenvalue weighted by Gasteiger charge is -2.34. The Morgan fingerprint density at radius 3 is 2.34 bits per heavy atom. The summed E-state index contributed by atoms with van der Waals surface area (Å²) >= 11 is 0. The standard InChI is InChI=1S/C20H23N5O4/c1-13-12-17(18(27)25-10-8-24(9-11-25)14(2)26)23-20(21-13)22-16-7-5-4-6-15(16)19(28)29-3/h4-7,12H,8-11H2,1-3H3,(H,21,22,23). The molecule has 1 N–H and O–H groups in total. The highest BCUT2D eigenvalue weighted by Crippen LogP contribution is 2.20. The van der Waals surface area contributed by atoms with Crippen LogP contribution in [0.15, 0.2) is 30.3 Å². The van der Waals surface area contributed by atoms with E-state index >= 15 is 0 Å². The van der Waals surface area contributed by atoms with Gasteiger partial charge in [0.2, 0.25) is 11.9 Å². The monoisotopic (exact) mass is 397 g/mol. The maximum absolute atomic E-state index is 12.9. The number of para-hydroxylation sites is 1. The number of hydrogen-bond donors (Lipinski definition) is 1. The summed E-state index contributed by atoms with van der Waals surface area (Å²) in [5, 5.41) is 3.00. The molecule has 2 amide bonds. The molecule has 0 spiro atoms. The smallest absolute Gasteiger partial charge is 0.339 e. The minimum Gasteiger partial charge on any atom is -0.465 e. The molecule has 2 aromatic rings. The molecule has 9 nitrogen and oxygen atoms in total. The molecule has 0 atom stereocenters. The van der Waals surface area contributed by atoms with E-state index < -0.39 is 5.97 Å². The Balaban J connectivity index is 1.80. The van der Waals surface area contributed by atoms with Crippen LogP contribution in [0.25, 0.3) is 0 Å². The van der Waals surface area contributed by atoms with E-state index in [1.807, 2.05) is 0 Å². The van der Waals surface area contributed by atoms with Crippen molar-refractivity contribution < 1.29 is 19.1 Å². The highest BCUT2D eigenvalue weighted by molar-refractivity contribution is 5.96. The molecule has 1 aromatic heterocycles. The molecule has 1 fully saturated rings. The fourth-order valence-corrected chi connectivity index (χ4v) is 3.12. The van der Waals surface area contributed by atoms with Gasteiger partial charge in [-0.1, -0.05) is 12.1 Å². The molecule has 29 heavy (non-hydrogen) atoms. The third-order valence-corrected chi connectivity index (χ3v) is 4.66. The van der Waals surface area contributed by atoms with Crippen molar-refractivity contribution >= 4 is 29.4 Å². The predicted octanol–water partition coefficient (Wildman–Crippen LogP) is 1.62. The lowest BCUT2D eigenvalue weighted by Crippen LogP contribution is -2.50. The number of carbonyl (C=O) groups excluding carboxylic acids is 3. The zero-order valence-corrected chi connectivity index (χ0v) is 16.6. The molecule has 0 radical (unpaired) electrons. The molecule has 152 valence electrons. The molecule has 1 saturated heterocycles. The average molecular weight is 397 g/mol. The first-order valence-electron chi connectivity index (χ1n) is 9.24. The van der Waals surface area contributed by atoms with Gasteiger partial charge in [-0.05, 0) is 25.1 Å². The van der Waals surface area contributed by atoms with Crippen molar-refractivity contribution in [2.75, 3.05) is 38.6 Å². The van der Waals surface area contributed by atoms with Gasteiger partial charge in [-0.3, -0.25) is 9.59 Å². The Hall–Kier alpha value is -3.49. The van der Waals surface area contributed by atoms with Gasteiger partial charge in [0.15, 0.2) is 0 Å². The predicted molar refractivity (Wildman–Crippen MR) is 106 cm³/mol. The third kappa shape index (κ3) is 4.68. The summed E-state index contributed by atoms with van der Waals surface area (Å²) in [5.74, 6) is -0.485. The van der Waals surface area contributed by atoms with E-state index in [0.717, 1.165) is 0 Å². The number of ether oxygens (including phenoxy) is 1. The Morgan fingerprint density at radius 1 is 1.03 bits per heavy atom. The fourth-order valence-electron chi connectivity index (χ4n) is 3.12. The van der Waals surface area contributed by atoms with Crippen LogP contribution in [0.3, 0.4) is 0 Å². The van der Waals surface area contributed by atoms with Crippen molar-refractivity contribution in [2.24, 2.45) is 0 Å². The summed E-state index contributed by atoms with van der Waals surface area (Å²) < 4.78 is 4.80. The largest absolute Gasteiger partial charge is 0.465 e. The lowest BCUT2D eigenvalue weighted by molar-refractivity contribution is -0.130. The second kappa shape index (κ2) is 8.68. The first kappa shape index (κ1) is 20.2. The van der Waals surface area contributed by atoms with E-state index in [2.05, 4.69) is 15.3 Å². The average Bonchev–Trinajstić information content (AvgIpc) is 2.72. The van der Waals surface area contributed by atoms with Crippen LogP contribution in [0.1, 0.15) is 33.5 Å². The second-order valence-corrected chi connectivity index (χ2v) is 6.68. The Kier molecular flexibility index (Phi) is 6.06. The number of hydrogen-bond acceptors (Lipinski definition) is 7. The summed E-state index contributed by atoms with van der Waals surface area (Å²) in [5.41, 5.74) is 1.70. The van der Waals surface area contributed by atoms with Gasteiger partial charge >= 0.3 is 5.97 Å². The number of aromatic nitrogens is 2. The molecule has 1 aromatic carbocycles. The van der Waals surface area contributed by atoms with Crippen molar-refractivity contribution in [1.29, 1.82) is 0 Å². The number of carbonyl (C=O) groups is 3. The zero-order valence-electron chi connectivity index (χ0n) is 16.6. The van der Waals surface area contributed by atoms with Crippen LogP contribution in [0.4, 0.5) is 11.6 Å². The third-order valence-electron chi connectivity index (χ3n) is 4.66. The van der Waals surface area contributed by atoms with Crippen molar-refractivity contribution in [3.63, 3.8) is 0 Å². The summed E-state index contributed by atoms with van der Waals surface area (Å²) in [4.78, 5) is 48.4. The quantitative estimate of drug-likeness (QED) is 0.782. The molecule has 1 aliphatic rings. The molecule has 0 aliphatic carbocycles. The molecular weight excluding hydrogens is 374 g/mol. The Labute approximate surface area is 168 Å². The van der Waals surface area contributed by atoms with E-state index in [0.29, 0.717) is 43.1 Å². The number of nitrogens with one attached hydrogen (secondary N) is 1. The van der Waals surface area contributed by atoms with Crippen LogP contribution in [0.2, 0.25) is 0 Å². The number of methoxy groups -OCH3 is 1. The molecule has 1 aliphatic heterocycles. The molecule has 0 unspecified atom stereocenters. The van der Waals surface area contributed by atoms with Crippen LogP contribution in [-0.2, 0) is 9.53 Å². The molecule has 0 saturated carbocycles. The normalized spacial score (nSPS) is 13.8. The minimum atomic E-state index is -0.486. The van der Waals surface area contributed by atoms with E-state index in [4.69, 9.17) is 4.74 Å². The highest BCUT2D eigenvalue weighted by Gasteiger charge is 2.25. The van der Waals surface area contributed by atoms with Crippen LogP contribution in [0.5, 0.6) is 0 Å². The van der Waals surface area contributed by atoms with Gasteiger partial charge in [0, 0.05) is 38.8 Å². The van der Waals surface area contributed by atoms with Gasteiger partial charge in [-0.25, -0.2) is 14.8 Å². The summed E-state index contributed by atoms with van der Waals surface area (Å²) in [6.45, 7) is 5.20. The molecule has 3 rings (SSSR count). The first-order valence-corrected chi connectivity index (χ1v) is 9.24. The van der Waals surface area contributed by atoms with Gasteiger partial charge in [0.05, 0.1) is 18.4 Å². The number of anilines is 2. The van der Waals surface area contributed by atoms with E-state index in [1.54, 1.807) is 47.1 Å². The topological polar surface area (TPSA) is 105 Å². The highest BCUT2D eigenvalue weighted by atomic mass is 16.5. The molecule has 2 heterocycles. The van der Waals surface area contributed by atoms with Crippen molar-refractivity contribution in [1.82, 2.24) is 19.8 Å². The van der Waals surface area contributed by atoms with Crippen LogP contribution in [-0.4, -0.2) is 70.8 Å². The van der Waals surface area contributed by atoms with E-state index in [1.165, 1.54) is 14.0 Å². The van der Waals surface area contributed by atoms with Gasteiger partial charge < -0.3 is 19.9 Å². The summed E-state index contributed by atoms with van der Waals surface area (Å²) in [6, 6.07) is 8.46. The van der Waals surface area contributed by atoms with E-state index in [-0.39, 0.29) is 23.5 Å². The number of aryl methyl sites for hydroxylation is 1. The maximum atomic E-state index is 12.9. The van der Waals surface area contributed by atoms with Crippen molar-refractivity contribution in [2.45, 2.75) is 13.8 Å². The first-order chi connectivity index (χ1) is 13.9. The Morgan fingerprint density at radius 2 is 1.69 bits per heavy atom. The lowest BCUT2D eigenvalue weighted by atomic mass is 10.2. The minimum absolute atomic E-state index is 0.00531. The Bertz CT molecular complexity index is 938. The van der Waals surface area contributed by atoms with Gasteiger partial charge in [-0.2, -0.15) is 0 Å². The van der Waals surface area contributed by atoms with Gasteiger partial charge in [0.1, 0.15) is 5.69 Å². The second-order valence-electron chi connectivity index (χ2n) is 6.68. The zero-order chi connectivity index (χ0) is 21.0. The van der Waals surface area contributed by atoms with E-state index in [9.17, 15) is 14.4 Å². The van der Waals surface area contributed by atoms with Crippen molar-refractivity contribution in [3.05, 3.63) is 47.3 Å². The molecule has 9 heteroatoms. The number of rotatable bonds is 4. The van der Waals surface area contributed by atoms with Crippen LogP contribution >= 0.6 is 0 Å². The summed E-state index contributed by atoms with van der Waals surface area (Å²) in [6.07, 6.45) is 0. The fraction of sp³-hybridized carbons (Fsp3) is 0.350. The summed E-state index contributed by atoms with van der Waals surface area (Å²) in [7, 11) is 1.31. The number of piperazine rings is 1. The number of esters is 1. The van der Waals surface area contributed by atoms with Gasteiger partial charge in [-0.15, -0.1) is 0 Å². The van der Waals surface area contributed by atoms with Crippen LogP contribution in [0, 0.1) is 6.92 Å². The maximum Gasteiger partial charge on any atom is 0.339 e. The van der Waals surface area contributed by atoms with Crippen LogP contribution < -0.4 is 5.32 Å². The SMILES string of the molecule is COC(=O)c1ccccc1Nc1nc(C)cc(C(=O)N2CCN(C(C)=O)CC2)n1.